The number of nitrogens with zero attached hydrogens (tertiary/aromatic N) is 2. The Morgan fingerprint density at radius 3 is 2.62 bits per heavy atom. The molecular weight excluding hydrogens is 262 g/mol. The van der Waals surface area contributed by atoms with Gasteiger partial charge >= 0.3 is 0 Å². The van der Waals surface area contributed by atoms with Crippen LogP contribution in [0.4, 0.5) is 0 Å². The van der Waals surface area contributed by atoms with Gasteiger partial charge in [-0.15, -0.1) is 0 Å². The number of aromatic nitrogens is 2. The van der Waals surface area contributed by atoms with Crippen LogP contribution in [0.3, 0.4) is 0 Å². The van der Waals surface area contributed by atoms with E-state index in [4.69, 9.17) is 4.52 Å². The van der Waals surface area contributed by atoms with Gasteiger partial charge in [0.1, 0.15) is 0 Å². The summed E-state index contributed by atoms with van der Waals surface area (Å²) in [5.41, 5.74) is 1.35. The molecule has 4 nitrogen and oxygen atoms in total. The Morgan fingerprint density at radius 2 is 2.05 bits per heavy atom. The average molecular weight is 285 g/mol. The summed E-state index contributed by atoms with van der Waals surface area (Å²) in [7, 11) is 0. The van der Waals surface area contributed by atoms with Crippen LogP contribution in [0.1, 0.15) is 55.8 Å². The van der Waals surface area contributed by atoms with Crippen LogP contribution >= 0.6 is 0 Å². The smallest absolute Gasteiger partial charge is 0.223 e. The van der Waals surface area contributed by atoms with E-state index in [1.165, 1.54) is 12.0 Å². The van der Waals surface area contributed by atoms with Gasteiger partial charge in [0.15, 0.2) is 5.82 Å². The third kappa shape index (κ3) is 3.00. The van der Waals surface area contributed by atoms with Crippen molar-refractivity contribution in [2.24, 2.45) is 0 Å². The van der Waals surface area contributed by atoms with Crippen molar-refractivity contribution in [2.45, 2.75) is 51.0 Å². The number of rotatable bonds is 6. The Kier molecular flexibility index (Phi) is 4.06. The molecule has 3 rings (SSSR count). The van der Waals surface area contributed by atoms with Crippen molar-refractivity contribution in [2.75, 3.05) is 6.54 Å². The fourth-order valence-corrected chi connectivity index (χ4v) is 2.98. The molecule has 1 aromatic carbocycles. The quantitative estimate of drug-likeness (QED) is 0.882. The SMILES string of the molecule is Cc1nc(C2(NCC[C@@H](C)c3ccccc3)CCC2)no1. The van der Waals surface area contributed by atoms with E-state index in [1.807, 2.05) is 6.92 Å². The lowest BCUT2D eigenvalue weighted by atomic mass is 9.76. The Balaban J connectivity index is 1.57. The number of hydrogen-bond donors (Lipinski definition) is 1. The third-order valence-electron chi connectivity index (χ3n) is 4.57. The molecule has 2 aromatic rings. The largest absolute Gasteiger partial charge is 0.340 e. The zero-order chi connectivity index (χ0) is 14.7. The maximum Gasteiger partial charge on any atom is 0.223 e. The third-order valence-corrected chi connectivity index (χ3v) is 4.57. The Labute approximate surface area is 126 Å². The number of aryl methyl sites for hydroxylation is 1. The van der Waals surface area contributed by atoms with Gasteiger partial charge < -0.3 is 9.84 Å². The molecule has 1 N–H and O–H groups in total. The molecule has 0 spiro atoms. The minimum atomic E-state index is -0.0475. The molecule has 0 radical (unpaired) electrons. The number of benzene rings is 1. The summed E-state index contributed by atoms with van der Waals surface area (Å²) in [5.74, 6) is 2.04. The summed E-state index contributed by atoms with van der Waals surface area (Å²) in [5, 5.41) is 7.80. The molecule has 1 saturated carbocycles. The summed E-state index contributed by atoms with van der Waals surface area (Å²) < 4.78 is 5.14. The lowest BCUT2D eigenvalue weighted by molar-refractivity contribution is 0.166. The lowest BCUT2D eigenvalue weighted by Crippen LogP contribution is -2.49. The van der Waals surface area contributed by atoms with E-state index in [9.17, 15) is 0 Å². The first kappa shape index (κ1) is 14.3. The van der Waals surface area contributed by atoms with Crippen LogP contribution in [0.15, 0.2) is 34.9 Å². The lowest BCUT2D eigenvalue weighted by Gasteiger charge is -2.40. The minimum Gasteiger partial charge on any atom is -0.340 e. The molecule has 1 atom stereocenters. The Hall–Kier alpha value is -1.68. The second-order valence-electron chi connectivity index (χ2n) is 6.10. The van der Waals surface area contributed by atoms with Crippen LogP contribution in [0, 0.1) is 6.92 Å². The standard InChI is InChI=1S/C17H23N3O/c1-13(15-7-4-3-5-8-15)9-12-18-17(10-6-11-17)16-19-14(2)21-20-16/h3-5,7-8,13,18H,6,9-12H2,1-2H3/t13-/m1/s1. The van der Waals surface area contributed by atoms with Gasteiger partial charge in [-0.05, 0) is 43.7 Å². The van der Waals surface area contributed by atoms with Gasteiger partial charge in [0, 0.05) is 6.92 Å². The van der Waals surface area contributed by atoms with Crippen LogP contribution in [-0.4, -0.2) is 16.7 Å². The molecule has 0 amide bonds. The van der Waals surface area contributed by atoms with Gasteiger partial charge in [-0.2, -0.15) is 4.98 Å². The first-order valence-electron chi connectivity index (χ1n) is 7.80. The molecule has 112 valence electrons. The fraction of sp³-hybridized carbons (Fsp3) is 0.529. The van der Waals surface area contributed by atoms with E-state index >= 15 is 0 Å². The molecule has 0 saturated heterocycles. The maximum absolute atomic E-state index is 5.14. The average Bonchev–Trinajstić information content (AvgIpc) is 2.89. The second kappa shape index (κ2) is 5.98. The molecule has 1 aliphatic carbocycles. The molecule has 1 heterocycles. The van der Waals surface area contributed by atoms with Crippen LogP contribution in [0.2, 0.25) is 0 Å². The van der Waals surface area contributed by atoms with E-state index in [1.54, 1.807) is 0 Å². The zero-order valence-corrected chi connectivity index (χ0v) is 12.8. The van der Waals surface area contributed by atoms with Gasteiger partial charge in [-0.1, -0.05) is 42.4 Å². The predicted octanol–water partition coefficient (Wildman–Crippen LogP) is 3.54. The maximum atomic E-state index is 5.14. The van der Waals surface area contributed by atoms with Gasteiger partial charge in [-0.25, -0.2) is 0 Å². The summed E-state index contributed by atoms with van der Waals surface area (Å²) in [4.78, 5) is 4.42. The van der Waals surface area contributed by atoms with Crippen LogP contribution in [-0.2, 0) is 5.54 Å². The van der Waals surface area contributed by atoms with E-state index in [0.717, 1.165) is 31.6 Å². The summed E-state index contributed by atoms with van der Waals surface area (Å²) in [6.07, 6.45) is 4.55. The molecule has 1 fully saturated rings. The Bertz CT molecular complexity index is 575. The van der Waals surface area contributed by atoms with E-state index in [0.29, 0.717) is 11.8 Å². The first-order valence-corrected chi connectivity index (χ1v) is 7.80. The van der Waals surface area contributed by atoms with Crippen LogP contribution in [0.5, 0.6) is 0 Å². The van der Waals surface area contributed by atoms with Crippen molar-refractivity contribution in [3.05, 3.63) is 47.6 Å². The molecule has 0 aliphatic heterocycles. The highest BCUT2D eigenvalue weighted by Gasteiger charge is 2.42. The summed E-state index contributed by atoms with van der Waals surface area (Å²) in [6, 6.07) is 10.7. The van der Waals surface area contributed by atoms with Crippen LogP contribution in [0.25, 0.3) is 0 Å². The van der Waals surface area contributed by atoms with Crippen molar-refractivity contribution >= 4 is 0 Å². The van der Waals surface area contributed by atoms with Gasteiger partial charge in [0.05, 0.1) is 5.54 Å². The fourth-order valence-electron chi connectivity index (χ4n) is 2.98. The summed E-state index contributed by atoms with van der Waals surface area (Å²) in [6.45, 7) is 5.10. The van der Waals surface area contributed by atoms with Crippen LogP contribution < -0.4 is 5.32 Å². The Morgan fingerprint density at radius 1 is 1.29 bits per heavy atom. The normalized spacial score (nSPS) is 18.2. The first-order chi connectivity index (χ1) is 10.2. The molecule has 21 heavy (non-hydrogen) atoms. The van der Waals surface area contributed by atoms with Gasteiger partial charge in [0.25, 0.3) is 0 Å². The molecule has 0 bridgehead atoms. The van der Waals surface area contributed by atoms with Crippen molar-refractivity contribution in [1.82, 2.24) is 15.5 Å². The highest BCUT2D eigenvalue weighted by atomic mass is 16.5. The molecule has 4 heteroatoms. The zero-order valence-electron chi connectivity index (χ0n) is 12.8. The van der Waals surface area contributed by atoms with Gasteiger partial charge in [-0.3, -0.25) is 0 Å². The highest BCUT2D eigenvalue weighted by molar-refractivity contribution is 5.18. The molecule has 0 unspecified atom stereocenters. The number of nitrogens with one attached hydrogen (secondary N) is 1. The minimum absolute atomic E-state index is 0.0475. The van der Waals surface area contributed by atoms with Crippen molar-refractivity contribution in [3.63, 3.8) is 0 Å². The van der Waals surface area contributed by atoms with E-state index in [2.05, 4.69) is 52.7 Å². The van der Waals surface area contributed by atoms with Crippen molar-refractivity contribution in [1.29, 1.82) is 0 Å². The summed E-state index contributed by atoms with van der Waals surface area (Å²) >= 11 is 0. The topological polar surface area (TPSA) is 51.0 Å². The van der Waals surface area contributed by atoms with Crippen molar-refractivity contribution in [3.8, 4) is 0 Å². The van der Waals surface area contributed by atoms with E-state index < -0.39 is 0 Å². The van der Waals surface area contributed by atoms with E-state index in [-0.39, 0.29) is 5.54 Å². The second-order valence-corrected chi connectivity index (χ2v) is 6.10. The van der Waals surface area contributed by atoms with Crippen molar-refractivity contribution < 1.29 is 4.52 Å². The molecular formula is C17H23N3O. The van der Waals surface area contributed by atoms with Gasteiger partial charge in [0.2, 0.25) is 5.89 Å². The monoisotopic (exact) mass is 285 g/mol. The highest BCUT2D eigenvalue weighted by Crippen LogP contribution is 2.39. The number of hydrogen-bond acceptors (Lipinski definition) is 4. The molecule has 1 aliphatic rings. The predicted molar refractivity (Wildman–Crippen MR) is 82.0 cm³/mol. The molecule has 1 aromatic heterocycles.